The van der Waals surface area contributed by atoms with E-state index in [0.717, 1.165) is 62.6 Å². The van der Waals surface area contributed by atoms with Gasteiger partial charge in [-0.1, -0.05) is 19.1 Å². The van der Waals surface area contributed by atoms with Crippen molar-refractivity contribution < 1.29 is 9.13 Å². The summed E-state index contributed by atoms with van der Waals surface area (Å²) in [5, 5.41) is 9.14. The maximum Gasteiger partial charge on any atom is 0.123 e. The predicted octanol–water partition coefficient (Wildman–Crippen LogP) is 4.98. The molecule has 31 heavy (non-hydrogen) atoms. The maximum absolute atomic E-state index is 12.9. The highest BCUT2D eigenvalue weighted by Gasteiger charge is 2.17. The Labute approximate surface area is 186 Å². The summed E-state index contributed by atoms with van der Waals surface area (Å²) in [7, 11) is 0. The molecular formula is C26H34FN3O. The van der Waals surface area contributed by atoms with Crippen LogP contribution in [0, 0.1) is 24.1 Å². The molecule has 2 aromatic carbocycles. The topological polar surface area (TPSA) is 39.5 Å². The lowest BCUT2D eigenvalue weighted by molar-refractivity contribution is 0.115. The molecule has 2 aromatic rings. The van der Waals surface area contributed by atoms with Gasteiger partial charge in [-0.15, -0.1) is 0 Å². The summed E-state index contributed by atoms with van der Waals surface area (Å²) in [5.41, 5.74) is 3.22. The van der Waals surface area contributed by atoms with Crippen LogP contribution in [0.15, 0.2) is 42.5 Å². The highest BCUT2D eigenvalue weighted by atomic mass is 19.1. The van der Waals surface area contributed by atoms with E-state index in [1.54, 1.807) is 12.1 Å². The third kappa shape index (κ3) is 7.05. The fourth-order valence-electron chi connectivity index (χ4n) is 4.29. The number of nitrogens with zero attached hydrogens (tertiary/aromatic N) is 3. The van der Waals surface area contributed by atoms with Crippen LogP contribution in [0.4, 0.5) is 4.39 Å². The maximum atomic E-state index is 12.9. The molecule has 0 saturated carbocycles. The molecule has 0 radical (unpaired) electrons. The second-order valence-electron chi connectivity index (χ2n) is 8.42. The van der Waals surface area contributed by atoms with E-state index in [4.69, 9.17) is 10.00 Å². The van der Waals surface area contributed by atoms with E-state index in [0.29, 0.717) is 12.5 Å². The average molecular weight is 424 g/mol. The highest BCUT2D eigenvalue weighted by molar-refractivity contribution is 5.40. The van der Waals surface area contributed by atoms with Gasteiger partial charge < -0.3 is 9.64 Å². The number of rotatable bonds is 10. The van der Waals surface area contributed by atoms with Crippen LogP contribution in [0.5, 0.6) is 5.75 Å². The van der Waals surface area contributed by atoms with Gasteiger partial charge in [-0.2, -0.15) is 5.26 Å². The fraction of sp³-hybridized carbons (Fsp3) is 0.500. The Morgan fingerprint density at radius 1 is 1.03 bits per heavy atom. The number of hydrogen-bond acceptors (Lipinski definition) is 4. The Balaban J connectivity index is 1.33. The van der Waals surface area contributed by atoms with Crippen molar-refractivity contribution in [3.05, 3.63) is 65.0 Å². The number of benzene rings is 2. The minimum absolute atomic E-state index is 0.235. The van der Waals surface area contributed by atoms with E-state index in [-0.39, 0.29) is 5.82 Å². The normalized spacial score (nSPS) is 16.1. The molecule has 0 aromatic heterocycles. The van der Waals surface area contributed by atoms with Gasteiger partial charge in [0, 0.05) is 32.7 Å². The third-order valence-electron chi connectivity index (χ3n) is 6.32. The van der Waals surface area contributed by atoms with Gasteiger partial charge in [0.1, 0.15) is 18.2 Å². The average Bonchev–Trinajstić information content (AvgIpc) is 2.79. The van der Waals surface area contributed by atoms with E-state index < -0.39 is 0 Å². The van der Waals surface area contributed by atoms with Crippen molar-refractivity contribution >= 4 is 0 Å². The monoisotopic (exact) mass is 423 g/mol. The Kier molecular flexibility index (Phi) is 8.87. The number of aryl methyl sites for hydroxylation is 1. The van der Waals surface area contributed by atoms with Gasteiger partial charge >= 0.3 is 0 Å². The lowest BCUT2D eigenvalue weighted by Crippen LogP contribution is -2.47. The number of piperazine rings is 1. The van der Waals surface area contributed by atoms with Crippen LogP contribution < -0.4 is 4.74 Å². The van der Waals surface area contributed by atoms with Crippen molar-refractivity contribution in [1.82, 2.24) is 9.80 Å². The SMILES string of the molecule is CC[C@@H](CCCN1CCN(CCOc2ccc(F)cc2)CC1)c1ccc(C#N)c(C)c1. The van der Waals surface area contributed by atoms with Crippen molar-refractivity contribution in [3.8, 4) is 11.8 Å². The van der Waals surface area contributed by atoms with Crippen LogP contribution in [0.2, 0.25) is 0 Å². The zero-order valence-corrected chi connectivity index (χ0v) is 18.8. The van der Waals surface area contributed by atoms with Crippen molar-refractivity contribution in [2.45, 2.75) is 39.0 Å². The number of halogens is 1. The summed E-state index contributed by atoms with van der Waals surface area (Å²) in [4.78, 5) is 5.00. The molecule has 4 nitrogen and oxygen atoms in total. The Morgan fingerprint density at radius 3 is 2.32 bits per heavy atom. The van der Waals surface area contributed by atoms with Crippen LogP contribution in [0.1, 0.15) is 48.8 Å². The van der Waals surface area contributed by atoms with Crippen LogP contribution in [0.25, 0.3) is 0 Å². The molecule has 1 saturated heterocycles. The summed E-state index contributed by atoms with van der Waals surface area (Å²) in [6, 6.07) is 14.8. The summed E-state index contributed by atoms with van der Waals surface area (Å²) in [6.45, 7) is 11.3. The van der Waals surface area contributed by atoms with Crippen molar-refractivity contribution in [3.63, 3.8) is 0 Å². The number of hydrogen-bond donors (Lipinski definition) is 0. The Morgan fingerprint density at radius 2 is 1.71 bits per heavy atom. The van der Waals surface area contributed by atoms with Gasteiger partial charge in [-0.25, -0.2) is 4.39 Å². The first-order chi connectivity index (χ1) is 15.1. The zero-order chi connectivity index (χ0) is 22.1. The van der Waals surface area contributed by atoms with Gasteiger partial charge in [0.15, 0.2) is 0 Å². The predicted molar refractivity (Wildman–Crippen MR) is 123 cm³/mol. The summed E-state index contributed by atoms with van der Waals surface area (Å²) < 4.78 is 18.7. The highest BCUT2D eigenvalue weighted by Crippen LogP contribution is 2.26. The first-order valence-electron chi connectivity index (χ1n) is 11.4. The van der Waals surface area contributed by atoms with E-state index in [1.165, 1.54) is 30.5 Å². The Hall–Kier alpha value is -2.42. The standard InChI is InChI=1S/C26H34FN3O/c1-3-22(23-6-7-24(20-28)21(2)19-23)5-4-12-29-13-15-30(16-14-29)17-18-31-26-10-8-25(27)9-11-26/h6-11,19,22H,3-5,12-18H2,1-2H3/t22-/m0/s1. The van der Waals surface area contributed by atoms with Crippen molar-refractivity contribution in [1.29, 1.82) is 5.26 Å². The molecule has 1 atom stereocenters. The van der Waals surface area contributed by atoms with E-state index in [9.17, 15) is 4.39 Å². The molecule has 3 rings (SSSR count). The zero-order valence-electron chi connectivity index (χ0n) is 18.8. The van der Waals surface area contributed by atoms with Gasteiger partial charge in [-0.3, -0.25) is 4.90 Å². The summed E-state index contributed by atoms with van der Waals surface area (Å²) in [5.74, 6) is 1.06. The second kappa shape index (κ2) is 11.8. The molecule has 1 heterocycles. The van der Waals surface area contributed by atoms with E-state index >= 15 is 0 Å². The van der Waals surface area contributed by atoms with Crippen molar-refractivity contribution in [2.75, 3.05) is 45.9 Å². The molecule has 0 aliphatic carbocycles. The smallest absolute Gasteiger partial charge is 0.123 e. The summed E-state index contributed by atoms with van der Waals surface area (Å²) >= 11 is 0. The quantitative estimate of drug-likeness (QED) is 0.541. The van der Waals surface area contributed by atoms with Gasteiger partial charge in [-0.05, 0) is 80.1 Å². The minimum atomic E-state index is -0.235. The van der Waals surface area contributed by atoms with E-state index in [2.05, 4.69) is 34.9 Å². The number of ether oxygens (including phenoxy) is 1. The lowest BCUT2D eigenvalue weighted by Gasteiger charge is -2.34. The van der Waals surface area contributed by atoms with Gasteiger partial charge in [0.25, 0.3) is 0 Å². The molecule has 0 N–H and O–H groups in total. The summed E-state index contributed by atoms with van der Waals surface area (Å²) in [6.07, 6.45) is 3.52. The second-order valence-corrected chi connectivity index (χ2v) is 8.42. The lowest BCUT2D eigenvalue weighted by atomic mass is 9.90. The molecule has 0 unspecified atom stereocenters. The van der Waals surface area contributed by atoms with Crippen LogP contribution >= 0.6 is 0 Å². The van der Waals surface area contributed by atoms with Crippen molar-refractivity contribution in [2.24, 2.45) is 0 Å². The molecule has 5 heteroatoms. The van der Waals surface area contributed by atoms with Crippen LogP contribution in [0.3, 0.4) is 0 Å². The molecule has 1 aliphatic heterocycles. The largest absolute Gasteiger partial charge is 0.492 e. The molecule has 1 aliphatic rings. The first kappa shape index (κ1) is 23.2. The molecular weight excluding hydrogens is 389 g/mol. The van der Waals surface area contributed by atoms with Crippen LogP contribution in [-0.4, -0.2) is 55.7 Å². The Bertz CT molecular complexity index is 854. The van der Waals surface area contributed by atoms with E-state index in [1.807, 2.05) is 13.0 Å². The molecule has 166 valence electrons. The van der Waals surface area contributed by atoms with Crippen LogP contribution in [-0.2, 0) is 0 Å². The molecule has 0 bridgehead atoms. The van der Waals surface area contributed by atoms with Gasteiger partial charge in [0.2, 0.25) is 0 Å². The fourth-order valence-corrected chi connectivity index (χ4v) is 4.29. The molecule has 1 fully saturated rings. The minimum Gasteiger partial charge on any atom is -0.492 e. The van der Waals surface area contributed by atoms with Gasteiger partial charge in [0.05, 0.1) is 11.6 Å². The first-order valence-corrected chi connectivity index (χ1v) is 11.4. The molecule has 0 spiro atoms. The molecule has 0 amide bonds. The number of nitriles is 1. The third-order valence-corrected chi connectivity index (χ3v) is 6.32.